The van der Waals surface area contributed by atoms with Crippen molar-refractivity contribution in [2.24, 2.45) is 5.41 Å². The Labute approximate surface area is 263 Å². The minimum Gasteiger partial charge on any atom is -0.451 e. The standard InChI is InChI=1S/C31H35F2N5O8/c1-31(2,29(42)35-8-10-44-11-9-35)30(43)46-17-45-26-24-28(41)38-14-20-4-3-7-37(20)23(38)16-36(24)15-21(25(26)39)27(40)34-13-18-5-6-19(32)12-22(18)33/h5-6,12,15,20,23H,3-4,7-11,13-14,16-17H2,1-2H3,(H,34,40)/t20?,23-/m0/s1. The summed E-state index contributed by atoms with van der Waals surface area (Å²) in [7, 11) is 0. The molecule has 46 heavy (non-hydrogen) atoms. The lowest BCUT2D eigenvalue weighted by molar-refractivity contribution is -0.169. The second-order valence-electron chi connectivity index (χ2n) is 12.3. The molecular formula is C31H35F2N5O8. The molecule has 3 amide bonds. The Morgan fingerprint density at radius 2 is 1.85 bits per heavy atom. The van der Waals surface area contributed by atoms with E-state index >= 15 is 0 Å². The molecule has 2 atom stereocenters. The van der Waals surface area contributed by atoms with Crippen LogP contribution in [0.4, 0.5) is 8.78 Å². The highest BCUT2D eigenvalue weighted by atomic mass is 19.1. The zero-order valence-corrected chi connectivity index (χ0v) is 25.6. The number of carbonyl (C=O) groups is 4. The van der Waals surface area contributed by atoms with Crippen LogP contribution in [0.1, 0.15) is 53.1 Å². The Kier molecular flexibility index (Phi) is 8.55. The highest BCUT2D eigenvalue weighted by Gasteiger charge is 2.48. The van der Waals surface area contributed by atoms with Crippen molar-refractivity contribution in [3.63, 3.8) is 0 Å². The summed E-state index contributed by atoms with van der Waals surface area (Å²) < 4.78 is 45.2. The van der Waals surface area contributed by atoms with Crippen molar-refractivity contribution in [3.8, 4) is 5.75 Å². The predicted molar refractivity (Wildman–Crippen MR) is 156 cm³/mol. The maximum Gasteiger partial charge on any atom is 0.323 e. The number of ether oxygens (including phenoxy) is 3. The van der Waals surface area contributed by atoms with E-state index in [1.54, 1.807) is 4.90 Å². The third-order valence-electron chi connectivity index (χ3n) is 9.07. The molecule has 15 heteroatoms. The molecule has 3 saturated heterocycles. The molecule has 2 aromatic rings. The van der Waals surface area contributed by atoms with Crippen LogP contribution in [0.3, 0.4) is 0 Å². The first-order valence-corrected chi connectivity index (χ1v) is 15.2. The van der Waals surface area contributed by atoms with E-state index in [0.717, 1.165) is 25.5 Å². The Balaban J connectivity index is 1.25. The molecule has 0 bridgehead atoms. The summed E-state index contributed by atoms with van der Waals surface area (Å²) in [6, 6.07) is 3.09. The van der Waals surface area contributed by atoms with Gasteiger partial charge in [0.1, 0.15) is 28.8 Å². The van der Waals surface area contributed by atoms with Crippen LogP contribution in [0.15, 0.2) is 29.2 Å². The summed E-state index contributed by atoms with van der Waals surface area (Å²) in [5.41, 5.74) is -2.98. The first kappa shape index (κ1) is 31.6. The van der Waals surface area contributed by atoms with Crippen LogP contribution in [0.25, 0.3) is 0 Å². The van der Waals surface area contributed by atoms with Crippen LogP contribution in [-0.2, 0) is 32.2 Å². The van der Waals surface area contributed by atoms with E-state index < -0.39 is 58.7 Å². The number of aromatic nitrogens is 1. The molecule has 0 radical (unpaired) electrons. The molecule has 0 aliphatic carbocycles. The molecular weight excluding hydrogens is 608 g/mol. The molecule has 1 N–H and O–H groups in total. The number of nitrogens with zero attached hydrogens (tertiary/aromatic N) is 4. The number of esters is 1. The SMILES string of the molecule is CC(C)(C(=O)OCOc1c2n(cc(C(=O)NCc3ccc(F)cc3F)c1=O)C[C@@H]1N(CC3CCCN31)C2=O)C(=O)N1CCOCC1. The molecule has 3 fully saturated rings. The van der Waals surface area contributed by atoms with Gasteiger partial charge in [-0.3, -0.25) is 28.9 Å². The highest BCUT2D eigenvalue weighted by Crippen LogP contribution is 2.35. The summed E-state index contributed by atoms with van der Waals surface area (Å²) in [6.07, 6.45) is 2.92. The molecule has 6 rings (SSSR count). The molecule has 4 aliphatic heterocycles. The second kappa shape index (κ2) is 12.4. The van der Waals surface area contributed by atoms with E-state index in [-0.39, 0.29) is 42.1 Å². The van der Waals surface area contributed by atoms with Gasteiger partial charge in [0.05, 0.1) is 19.8 Å². The van der Waals surface area contributed by atoms with Gasteiger partial charge >= 0.3 is 5.97 Å². The molecule has 4 aliphatic rings. The quantitative estimate of drug-likeness (QED) is 0.254. The molecule has 0 spiro atoms. The largest absolute Gasteiger partial charge is 0.451 e. The normalized spacial score (nSPS) is 21.0. The summed E-state index contributed by atoms with van der Waals surface area (Å²) in [6.45, 7) is 4.59. The Bertz CT molecular complexity index is 1640. The summed E-state index contributed by atoms with van der Waals surface area (Å²) >= 11 is 0. The maximum atomic E-state index is 14.2. The summed E-state index contributed by atoms with van der Waals surface area (Å²) in [5, 5.41) is 2.47. The second-order valence-corrected chi connectivity index (χ2v) is 12.3. The van der Waals surface area contributed by atoms with Crippen LogP contribution in [-0.4, -0.2) is 101 Å². The third-order valence-corrected chi connectivity index (χ3v) is 9.07. The number of benzene rings is 1. The fraction of sp³-hybridized carbons (Fsp3) is 0.516. The minimum absolute atomic E-state index is 0.00212. The highest BCUT2D eigenvalue weighted by molar-refractivity contribution is 6.02. The fourth-order valence-electron chi connectivity index (χ4n) is 6.51. The van der Waals surface area contributed by atoms with Gasteiger partial charge in [0.25, 0.3) is 11.8 Å². The average Bonchev–Trinajstić information content (AvgIpc) is 3.64. The molecule has 1 aromatic heterocycles. The molecule has 1 unspecified atom stereocenters. The number of nitrogens with one attached hydrogen (secondary N) is 1. The van der Waals surface area contributed by atoms with Gasteiger partial charge in [-0.1, -0.05) is 6.07 Å². The summed E-state index contributed by atoms with van der Waals surface area (Å²) in [5.74, 6) is -4.82. The Morgan fingerprint density at radius 1 is 1.09 bits per heavy atom. The molecule has 13 nitrogen and oxygen atoms in total. The van der Waals surface area contributed by atoms with Crippen LogP contribution in [0.2, 0.25) is 0 Å². The van der Waals surface area contributed by atoms with Gasteiger partial charge in [0.15, 0.2) is 5.69 Å². The predicted octanol–water partition coefficient (Wildman–Crippen LogP) is 1.08. The van der Waals surface area contributed by atoms with Crippen molar-refractivity contribution in [1.82, 2.24) is 24.6 Å². The maximum absolute atomic E-state index is 14.2. The minimum atomic E-state index is -1.57. The van der Waals surface area contributed by atoms with Crippen LogP contribution >= 0.6 is 0 Å². The van der Waals surface area contributed by atoms with Gasteiger partial charge in [-0.25, -0.2) is 8.78 Å². The van der Waals surface area contributed by atoms with Crippen molar-refractivity contribution >= 4 is 23.7 Å². The first-order valence-electron chi connectivity index (χ1n) is 15.2. The van der Waals surface area contributed by atoms with Crippen molar-refractivity contribution in [1.29, 1.82) is 0 Å². The number of rotatable bonds is 8. The Hall–Kier alpha value is -4.37. The number of halogens is 2. The van der Waals surface area contributed by atoms with Crippen LogP contribution in [0, 0.1) is 17.0 Å². The number of carbonyl (C=O) groups excluding carboxylic acids is 4. The van der Waals surface area contributed by atoms with Gasteiger partial charge in [-0.15, -0.1) is 0 Å². The van der Waals surface area contributed by atoms with Gasteiger partial charge in [0.2, 0.25) is 23.9 Å². The van der Waals surface area contributed by atoms with Crippen molar-refractivity contribution in [2.45, 2.75) is 52.0 Å². The molecule has 0 saturated carbocycles. The lowest BCUT2D eigenvalue weighted by atomic mass is 9.91. The summed E-state index contributed by atoms with van der Waals surface area (Å²) in [4.78, 5) is 72.2. The lowest BCUT2D eigenvalue weighted by Crippen LogP contribution is -2.51. The zero-order chi connectivity index (χ0) is 32.7. The number of hydrogen-bond acceptors (Lipinski definition) is 9. The number of fused-ring (bicyclic) bond motifs is 4. The third kappa shape index (κ3) is 5.73. The number of morpholine rings is 1. The lowest BCUT2D eigenvalue weighted by Gasteiger charge is -2.36. The van der Waals surface area contributed by atoms with Crippen LogP contribution in [0.5, 0.6) is 5.75 Å². The topological polar surface area (TPSA) is 140 Å². The molecule has 1 aromatic carbocycles. The van der Waals surface area contributed by atoms with E-state index in [0.29, 0.717) is 38.9 Å². The van der Waals surface area contributed by atoms with Gasteiger partial charge in [-0.2, -0.15) is 0 Å². The van der Waals surface area contributed by atoms with E-state index in [2.05, 4.69) is 10.2 Å². The zero-order valence-electron chi connectivity index (χ0n) is 25.6. The van der Waals surface area contributed by atoms with Crippen molar-refractivity contribution in [2.75, 3.05) is 46.2 Å². The number of amides is 3. The fourth-order valence-corrected chi connectivity index (χ4v) is 6.51. The van der Waals surface area contributed by atoms with Gasteiger partial charge < -0.3 is 33.9 Å². The van der Waals surface area contributed by atoms with Crippen LogP contribution < -0.4 is 15.5 Å². The van der Waals surface area contributed by atoms with Gasteiger partial charge in [0, 0.05) is 56.6 Å². The Morgan fingerprint density at radius 3 is 2.59 bits per heavy atom. The monoisotopic (exact) mass is 643 g/mol. The van der Waals surface area contributed by atoms with E-state index in [4.69, 9.17) is 14.2 Å². The van der Waals surface area contributed by atoms with E-state index in [1.807, 2.05) is 0 Å². The molecule has 5 heterocycles. The van der Waals surface area contributed by atoms with E-state index in [1.165, 1.54) is 35.6 Å². The van der Waals surface area contributed by atoms with Crippen molar-refractivity contribution in [3.05, 3.63) is 63.1 Å². The van der Waals surface area contributed by atoms with E-state index in [9.17, 15) is 32.8 Å². The smallest absolute Gasteiger partial charge is 0.323 e. The average molecular weight is 644 g/mol. The molecule has 246 valence electrons. The number of pyridine rings is 1. The number of hydrogen-bond donors (Lipinski definition) is 1. The first-order chi connectivity index (χ1) is 22.0. The van der Waals surface area contributed by atoms with Gasteiger partial charge in [-0.05, 0) is 32.8 Å². The van der Waals surface area contributed by atoms with Crippen molar-refractivity contribution < 1.29 is 42.2 Å².